The zero-order valence-corrected chi connectivity index (χ0v) is 9.16. The van der Waals surface area contributed by atoms with Crippen LogP contribution in [-0.2, 0) is 17.8 Å². The van der Waals surface area contributed by atoms with Gasteiger partial charge in [0, 0.05) is 24.9 Å². The molecule has 0 aliphatic rings. The molecule has 3 nitrogen and oxygen atoms in total. The quantitative estimate of drug-likeness (QED) is 0.719. The summed E-state index contributed by atoms with van der Waals surface area (Å²) in [6.45, 7) is 6.94. The van der Waals surface area contributed by atoms with Gasteiger partial charge in [-0.05, 0) is 13.3 Å². The van der Waals surface area contributed by atoms with Crippen LogP contribution in [0, 0.1) is 5.92 Å². The summed E-state index contributed by atoms with van der Waals surface area (Å²) in [5.74, 6) is 1.32. The predicted molar refractivity (Wildman–Crippen MR) is 56.1 cm³/mol. The maximum atomic E-state index is 11.7. The van der Waals surface area contributed by atoms with E-state index in [-0.39, 0.29) is 11.7 Å². The summed E-state index contributed by atoms with van der Waals surface area (Å²) < 4.78 is 2.01. The van der Waals surface area contributed by atoms with Crippen molar-refractivity contribution in [3.05, 3.63) is 18.2 Å². The van der Waals surface area contributed by atoms with Crippen LogP contribution in [-0.4, -0.2) is 15.3 Å². The normalized spacial score (nSPS) is 12.8. The summed E-state index contributed by atoms with van der Waals surface area (Å²) in [5, 5.41) is 0. The van der Waals surface area contributed by atoms with Crippen molar-refractivity contribution in [2.45, 2.75) is 40.2 Å². The third kappa shape index (κ3) is 2.44. The van der Waals surface area contributed by atoms with E-state index >= 15 is 0 Å². The molecule has 0 aliphatic heterocycles. The predicted octanol–water partition coefficient (Wildman–Crippen LogP) is 2.06. The summed E-state index contributed by atoms with van der Waals surface area (Å²) in [7, 11) is 0. The van der Waals surface area contributed by atoms with Crippen LogP contribution in [0.15, 0.2) is 12.4 Å². The van der Waals surface area contributed by atoms with Gasteiger partial charge in [0.1, 0.15) is 11.6 Å². The molecule has 0 fully saturated rings. The molecule has 0 bridgehead atoms. The molecule has 0 amide bonds. The van der Waals surface area contributed by atoms with Crippen LogP contribution in [0.3, 0.4) is 0 Å². The lowest BCUT2D eigenvalue weighted by Crippen LogP contribution is -2.15. The number of carbonyl (C=O) groups is 1. The number of imidazole rings is 1. The first-order valence-corrected chi connectivity index (χ1v) is 5.21. The van der Waals surface area contributed by atoms with Crippen molar-refractivity contribution in [3.63, 3.8) is 0 Å². The zero-order chi connectivity index (χ0) is 10.6. The van der Waals surface area contributed by atoms with Gasteiger partial charge in [-0.3, -0.25) is 4.79 Å². The standard InChI is InChI=1S/C11H18N2O/c1-4-9(3)10(14)8-11-12-6-7-13(11)5-2/h6-7,9H,4-5,8H2,1-3H3. The fraction of sp³-hybridized carbons (Fsp3) is 0.636. The molecule has 1 unspecified atom stereocenters. The van der Waals surface area contributed by atoms with Gasteiger partial charge in [0.05, 0.1) is 6.42 Å². The Morgan fingerprint density at radius 1 is 1.57 bits per heavy atom. The van der Waals surface area contributed by atoms with Gasteiger partial charge in [-0.25, -0.2) is 4.98 Å². The maximum Gasteiger partial charge on any atom is 0.143 e. The minimum Gasteiger partial charge on any atom is -0.335 e. The first-order valence-electron chi connectivity index (χ1n) is 5.21. The highest BCUT2D eigenvalue weighted by atomic mass is 16.1. The highest BCUT2D eigenvalue weighted by Gasteiger charge is 2.13. The second-order valence-corrected chi connectivity index (χ2v) is 3.58. The van der Waals surface area contributed by atoms with Crippen LogP contribution in [0.25, 0.3) is 0 Å². The van der Waals surface area contributed by atoms with E-state index in [2.05, 4.69) is 11.9 Å². The number of carbonyl (C=O) groups excluding carboxylic acids is 1. The molecular weight excluding hydrogens is 176 g/mol. The van der Waals surface area contributed by atoms with Gasteiger partial charge in [-0.1, -0.05) is 13.8 Å². The van der Waals surface area contributed by atoms with Crippen molar-refractivity contribution in [1.82, 2.24) is 9.55 Å². The molecule has 1 aromatic heterocycles. The lowest BCUT2D eigenvalue weighted by atomic mass is 10.0. The van der Waals surface area contributed by atoms with Gasteiger partial charge in [0.15, 0.2) is 0 Å². The van der Waals surface area contributed by atoms with Gasteiger partial charge < -0.3 is 4.57 Å². The van der Waals surface area contributed by atoms with Crippen LogP contribution in [0.2, 0.25) is 0 Å². The molecule has 1 heterocycles. The van der Waals surface area contributed by atoms with Gasteiger partial charge in [0.25, 0.3) is 0 Å². The summed E-state index contributed by atoms with van der Waals surface area (Å²) >= 11 is 0. The summed E-state index contributed by atoms with van der Waals surface area (Å²) in [6.07, 6.45) is 5.05. The molecule has 0 N–H and O–H groups in total. The van der Waals surface area contributed by atoms with Crippen LogP contribution >= 0.6 is 0 Å². The monoisotopic (exact) mass is 194 g/mol. The lowest BCUT2D eigenvalue weighted by molar-refractivity contribution is -0.121. The van der Waals surface area contributed by atoms with E-state index in [0.717, 1.165) is 18.8 Å². The second kappa shape index (κ2) is 4.94. The van der Waals surface area contributed by atoms with Gasteiger partial charge in [0.2, 0.25) is 0 Å². The van der Waals surface area contributed by atoms with E-state index in [1.54, 1.807) is 6.20 Å². The van der Waals surface area contributed by atoms with Crippen LogP contribution in [0.5, 0.6) is 0 Å². The fourth-order valence-electron chi connectivity index (χ4n) is 1.35. The van der Waals surface area contributed by atoms with E-state index in [1.165, 1.54) is 0 Å². The number of hydrogen-bond donors (Lipinski definition) is 0. The average molecular weight is 194 g/mol. The summed E-state index contributed by atoms with van der Waals surface area (Å²) in [6, 6.07) is 0. The Morgan fingerprint density at radius 3 is 2.86 bits per heavy atom. The molecule has 0 saturated carbocycles. The fourth-order valence-corrected chi connectivity index (χ4v) is 1.35. The smallest absolute Gasteiger partial charge is 0.143 e. The highest BCUT2D eigenvalue weighted by molar-refractivity contribution is 5.82. The van der Waals surface area contributed by atoms with E-state index < -0.39 is 0 Å². The van der Waals surface area contributed by atoms with Crippen molar-refractivity contribution >= 4 is 5.78 Å². The number of nitrogens with zero attached hydrogens (tertiary/aromatic N) is 2. The third-order valence-electron chi connectivity index (χ3n) is 2.64. The van der Waals surface area contributed by atoms with Crippen molar-refractivity contribution in [2.24, 2.45) is 5.92 Å². The number of hydrogen-bond acceptors (Lipinski definition) is 2. The Bertz CT molecular complexity index is 304. The van der Waals surface area contributed by atoms with Crippen molar-refractivity contribution in [3.8, 4) is 0 Å². The molecule has 0 spiro atoms. The largest absolute Gasteiger partial charge is 0.335 e. The Labute approximate surface area is 85.2 Å². The molecule has 3 heteroatoms. The maximum absolute atomic E-state index is 11.7. The topological polar surface area (TPSA) is 34.9 Å². The van der Waals surface area contributed by atoms with Gasteiger partial charge in [-0.2, -0.15) is 0 Å². The van der Waals surface area contributed by atoms with E-state index in [4.69, 9.17) is 0 Å². The van der Waals surface area contributed by atoms with Crippen molar-refractivity contribution in [2.75, 3.05) is 0 Å². The van der Waals surface area contributed by atoms with E-state index in [1.807, 2.05) is 24.6 Å². The Kier molecular flexibility index (Phi) is 3.86. The summed E-state index contributed by atoms with van der Waals surface area (Å²) in [5.41, 5.74) is 0. The average Bonchev–Trinajstić information content (AvgIpc) is 2.63. The number of rotatable bonds is 5. The SMILES string of the molecule is CCC(C)C(=O)Cc1nccn1CC. The van der Waals surface area contributed by atoms with Crippen LogP contribution < -0.4 is 0 Å². The van der Waals surface area contributed by atoms with E-state index in [9.17, 15) is 4.79 Å². The molecule has 1 aromatic rings. The second-order valence-electron chi connectivity index (χ2n) is 3.58. The Morgan fingerprint density at radius 2 is 2.29 bits per heavy atom. The number of aryl methyl sites for hydroxylation is 1. The van der Waals surface area contributed by atoms with Gasteiger partial charge in [-0.15, -0.1) is 0 Å². The molecule has 0 radical (unpaired) electrons. The molecule has 1 atom stereocenters. The molecule has 14 heavy (non-hydrogen) atoms. The van der Waals surface area contributed by atoms with Crippen LogP contribution in [0.1, 0.15) is 33.0 Å². The number of Topliss-reactive ketones (excluding diaryl/α,β-unsaturated/α-hetero) is 1. The Balaban J connectivity index is 2.64. The minimum atomic E-state index is 0.150. The van der Waals surface area contributed by atoms with E-state index in [0.29, 0.717) is 6.42 Å². The van der Waals surface area contributed by atoms with Crippen molar-refractivity contribution in [1.29, 1.82) is 0 Å². The molecule has 78 valence electrons. The molecular formula is C11H18N2O. The Hall–Kier alpha value is -1.12. The number of ketones is 1. The first kappa shape index (κ1) is 11.0. The zero-order valence-electron chi connectivity index (χ0n) is 9.16. The van der Waals surface area contributed by atoms with Crippen molar-refractivity contribution < 1.29 is 4.79 Å². The minimum absolute atomic E-state index is 0.150. The molecule has 0 saturated heterocycles. The van der Waals surface area contributed by atoms with Crippen LogP contribution in [0.4, 0.5) is 0 Å². The third-order valence-corrected chi connectivity index (χ3v) is 2.64. The summed E-state index contributed by atoms with van der Waals surface area (Å²) in [4.78, 5) is 15.8. The molecule has 0 aliphatic carbocycles. The molecule has 0 aromatic carbocycles. The molecule has 1 rings (SSSR count). The first-order chi connectivity index (χ1) is 6.69. The number of aromatic nitrogens is 2. The van der Waals surface area contributed by atoms with Gasteiger partial charge >= 0.3 is 0 Å². The lowest BCUT2D eigenvalue weighted by Gasteiger charge is -2.08. The highest BCUT2D eigenvalue weighted by Crippen LogP contribution is 2.07.